The van der Waals surface area contributed by atoms with Crippen molar-refractivity contribution in [3.05, 3.63) is 57.6 Å². The molecule has 0 spiro atoms. The van der Waals surface area contributed by atoms with Gasteiger partial charge in [-0.25, -0.2) is 0 Å². The van der Waals surface area contributed by atoms with Crippen LogP contribution in [0.5, 0.6) is 11.5 Å². The number of alkyl halides is 8. The maximum atomic E-state index is 13.7. The second-order valence-electron chi connectivity index (χ2n) is 5.95. The molecule has 0 aliphatic heterocycles. The van der Waals surface area contributed by atoms with Crippen LogP contribution >= 0.6 is 31.9 Å². The predicted molar refractivity (Wildman–Crippen MR) is 105 cm³/mol. The summed E-state index contributed by atoms with van der Waals surface area (Å²) >= 11 is 6.15. The van der Waals surface area contributed by atoms with E-state index in [1.54, 1.807) is 0 Å². The number of ketones is 1. The summed E-state index contributed by atoms with van der Waals surface area (Å²) in [5.74, 6) is -2.44. The predicted octanol–water partition coefficient (Wildman–Crippen LogP) is 6.76. The summed E-state index contributed by atoms with van der Waals surface area (Å²) in [5.41, 5.74) is -4.52. The second kappa shape index (κ2) is 9.17. The number of hydrogen-bond acceptors (Lipinski definition) is 3. The number of carbonyl (C=O) groups is 1. The van der Waals surface area contributed by atoms with E-state index in [0.29, 0.717) is 12.1 Å². The number of carbonyl (C=O) groups excluding carboxylic acids is 1. The first kappa shape index (κ1) is 24.5. The molecule has 30 heavy (non-hydrogen) atoms. The molecule has 2 aromatic carbocycles. The van der Waals surface area contributed by atoms with Crippen LogP contribution in [0.15, 0.2) is 24.3 Å². The van der Waals surface area contributed by atoms with Crippen LogP contribution in [-0.4, -0.2) is 20.0 Å². The normalized spacial score (nSPS) is 12.1. The molecule has 2 rings (SSSR count). The van der Waals surface area contributed by atoms with E-state index in [4.69, 9.17) is 9.47 Å². The van der Waals surface area contributed by atoms with Crippen molar-refractivity contribution >= 4 is 37.6 Å². The highest BCUT2D eigenvalue weighted by Gasteiger charge is 2.42. The molecule has 0 radical (unpaired) electrons. The lowest BCUT2D eigenvalue weighted by atomic mass is 9.90. The van der Waals surface area contributed by atoms with Gasteiger partial charge in [-0.3, -0.25) is 4.79 Å². The Labute approximate surface area is 184 Å². The number of halogens is 8. The Hall–Kier alpha value is -1.75. The Kier molecular flexibility index (Phi) is 7.49. The zero-order chi connectivity index (χ0) is 22.9. The molecule has 0 amide bonds. The smallest absolute Gasteiger partial charge is 0.417 e. The number of methoxy groups -OCH3 is 2. The van der Waals surface area contributed by atoms with Crippen LogP contribution in [0.2, 0.25) is 0 Å². The van der Waals surface area contributed by atoms with Crippen LogP contribution in [0.3, 0.4) is 0 Å². The van der Waals surface area contributed by atoms with Crippen molar-refractivity contribution in [1.29, 1.82) is 0 Å². The molecule has 0 atom stereocenters. The molecule has 0 N–H and O–H groups in total. The lowest BCUT2D eigenvalue weighted by molar-refractivity contribution is -0.138. The van der Waals surface area contributed by atoms with E-state index >= 15 is 0 Å². The SMILES string of the molecule is COc1c(CBr)ccc(C(F)(F)F)c1C(=O)c1c(C(F)(F)F)ccc(CBr)c1OC. The fraction of sp³-hybridized carbons (Fsp3) is 0.316. The summed E-state index contributed by atoms with van der Waals surface area (Å²) in [6.07, 6.45) is -10.0. The van der Waals surface area contributed by atoms with Gasteiger partial charge >= 0.3 is 12.4 Å². The first-order valence-corrected chi connectivity index (χ1v) is 10.4. The maximum Gasteiger partial charge on any atom is 0.417 e. The Morgan fingerprint density at radius 3 is 1.33 bits per heavy atom. The third-order valence-corrected chi connectivity index (χ3v) is 5.45. The first-order chi connectivity index (χ1) is 13.9. The van der Waals surface area contributed by atoms with Crippen LogP contribution in [0, 0.1) is 0 Å². The second-order valence-corrected chi connectivity index (χ2v) is 7.07. The van der Waals surface area contributed by atoms with Crippen molar-refractivity contribution in [3.63, 3.8) is 0 Å². The molecule has 3 nitrogen and oxygen atoms in total. The highest BCUT2D eigenvalue weighted by atomic mass is 79.9. The molecular weight excluding hydrogens is 550 g/mol. The fourth-order valence-corrected chi connectivity index (χ4v) is 3.86. The van der Waals surface area contributed by atoms with E-state index in [0.717, 1.165) is 26.4 Å². The largest absolute Gasteiger partial charge is 0.496 e. The zero-order valence-electron chi connectivity index (χ0n) is 15.5. The van der Waals surface area contributed by atoms with Crippen molar-refractivity contribution < 1.29 is 40.6 Å². The molecule has 0 bridgehead atoms. The zero-order valence-corrected chi connectivity index (χ0v) is 18.6. The van der Waals surface area contributed by atoms with E-state index in [2.05, 4.69) is 31.9 Å². The van der Waals surface area contributed by atoms with Gasteiger partial charge in [-0.05, 0) is 12.1 Å². The Morgan fingerprint density at radius 1 is 0.767 bits per heavy atom. The Balaban J connectivity index is 3.00. The standard InChI is InChI=1S/C19H14Br2F6O3/c1-29-16-9(7-20)3-5-11(18(22,23)24)13(16)15(28)14-12(19(25,26)27)6-4-10(8-21)17(14)30-2/h3-6H,7-8H2,1-2H3. The molecule has 0 saturated heterocycles. The topological polar surface area (TPSA) is 35.5 Å². The fourth-order valence-electron chi connectivity index (χ4n) is 2.98. The molecule has 0 heterocycles. The molecule has 0 aromatic heterocycles. The summed E-state index contributed by atoms with van der Waals surface area (Å²) in [6.45, 7) is 0. The summed E-state index contributed by atoms with van der Waals surface area (Å²) in [7, 11) is 2.07. The van der Waals surface area contributed by atoms with Crippen LogP contribution in [0.1, 0.15) is 38.2 Å². The Bertz CT molecular complexity index is 879. The van der Waals surface area contributed by atoms with Gasteiger partial charge < -0.3 is 9.47 Å². The summed E-state index contributed by atoms with van der Waals surface area (Å²) in [4.78, 5) is 13.3. The van der Waals surface area contributed by atoms with Crippen LogP contribution in [0.25, 0.3) is 0 Å². The van der Waals surface area contributed by atoms with Gasteiger partial charge in [0.25, 0.3) is 0 Å². The van der Waals surface area contributed by atoms with Crippen molar-refractivity contribution in [2.45, 2.75) is 23.0 Å². The third kappa shape index (κ3) is 4.61. The third-order valence-electron chi connectivity index (χ3n) is 4.24. The molecule has 2 aromatic rings. The van der Waals surface area contributed by atoms with E-state index < -0.39 is 51.9 Å². The van der Waals surface area contributed by atoms with Gasteiger partial charge in [0.15, 0.2) is 0 Å². The van der Waals surface area contributed by atoms with Crippen molar-refractivity contribution in [2.75, 3.05) is 14.2 Å². The quantitative estimate of drug-likeness (QED) is 0.221. The monoisotopic (exact) mass is 562 g/mol. The highest BCUT2D eigenvalue weighted by Crippen LogP contribution is 2.44. The van der Waals surface area contributed by atoms with Crippen molar-refractivity contribution in [3.8, 4) is 11.5 Å². The average Bonchev–Trinajstić information content (AvgIpc) is 2.69. The molecule has 0 saturated carbocycles. The van der Waals surface area contributed by atoms with E-state index in [9.17, 15) is 31.1 Å². The molecule has 0 fully saturated rings. The van der Waals surface area contributed by atoms with Gasteiger partial charge in [0.2, 0.25) is 5.78 Å². The van der Waals surface area contributed by atoms with Gasteiger partial charge in [-0.2, -0.15) is 26.3 Å². The minimum atomic E-state index is -5.01. The van der Waals surface area contributed by atoms with Gasteiger partial charge in [-0.15, -0.1) is 0 Å². The van der Waals surface area contributed by atoms with Gasteiger partial charge in [0, 0.05) is 21.8 Å². The number of benzene rings is 2. The Morgan fingerprint density at radius 2 is 1.10 bits per heavy atom. The number of rotatable bonds is 6. The van der Waals surface area contributed by atoms with E-state index in [1.807, 2.05) is 0 Å². The summed E-state index contributed by atoms with van der Waals surface area (Å²) < 4.78 is 92.0. The number of hydrogen-bond donors (Lipinski definition) is 0. The summed E-state index contributed by atoms with van der Waals surface area (Å²) in [6, 6.07) is 3.45. The molecule has 0 aliphatic rings. The van der Waals surface area contributed by atoms with Crippen molar-refractivity contribution in [2.24, 2.45) is 0 Å². The average molecular weight is 564 g/mol. The summed E-state index contributed by atoms with van der Waals surface area (Å²) in [5, 5.41) is 0.0264. The molecule has 0 aliphatic carbocycles. The minimum absolute atomic E-state index is 0.0132. The van der Waals surface area contributed by atoms with Gasteiger partial charge in [0.1, 0.15) is 11.5 Å². The molecule has 0 unspecified atom stereocenters. The lowest BCUT2D eigenvalue weighted by Crippen LogP contribution is -2.21. The molecule has 164 valence electrons. The van der Waals surface area contributed by atoms with Gasteiger partial charge in [-0.1, -0.05) is 44.0 Å². The molecular formula is C19H14Br2F6O3. The van der Waals surface area contributed by atoms with E-state index in [-0.39, 0.29) is 21.8 Å². The first-order valence-electron chi connectivity index (χ1n) is 8.13. The maximum absolute atomic E-state index is 13.7. The molecule has 11 heteroatoms. The lowest BCUT2D eigenvalue weighted by Gasteiger charge is -2.22. The van der Waals surface area contributed by atoms with Crippen molar-refractivity contribution in [1.82, 2.24) is 0 Å². The highest BCUT2D eigenvalue weighted by molar-refractivity contribution is 9.08. The van der Waals surface area contributed by atoms with E-state index in [1.165, 1.54) is 0 Å². The number of ether oxygens (including phenoxy) is 2. The van der Waals surface area contributed by atoms with Crippen LogP contribution < -0.4 is 9.47 Å². The van der Waals surface area contributed by atoms with Gasteiger partial charge in [0.05, 0.1) is 36.5 Å². The van der Waals surface area contributed by atoms with Crippen LogP contribution in [-0.2, 0) is 23.0 Å². The minimum Gasteiger partial charge on any atom is -0.496 e. The van der Waals surface area contributed by atoms with Crippen LogP contribution in [0.4, 0.5) is 26.3 Å².